The fourth-order valence-electron chi connectivity index (χ4n) is 2.11. The number of rotatable bonds is 4. The molecule has 0 aliphatic heterocycles. The number of fused-ring (bicyclic) bond motifs is 1. The van der Waals surface area contributed by atoms with Gasteiger partial charge in [-0.15, -0.1) is 0 Å². The molecule has 0 radical (unpaired) electrons. The van der Waals surface area contributed by atoms with Gasteiger partial charge in [-0.3, -0.25) is 10.1 Å². The number of carboxylic acid groups (broad SMARTS) is 1. The van der Waals surface area contributed by atoms with E-state index in [0.29, 0.717) is 12.6 Å². The van der Waals surface area contributed by atoms with Gasteiger partial charge in [-0.2, -0.15) is 0 Å². The van der Waals surface area contributed by atoms with E-state index in [4.69, 9.17) is 5.11 Å². The Hall–Kier alpha value is -2.63. The highest BCUT2D eigenvalue weighted by Gasteiger charge is 2.25. The first kappa shape index (κ1) is 13.8. The SMILES string of the molecule is O=C(O)C=CC(=O)NC(=O)NCC1Cc2ccccc21. The van der Waals surface area contributed by atoms with Crippen LogP contribution in [0.2, 0.25) is 0 Å². The second kappa shape index (κ2) is 6.01. The molecule has 104 valence electrons. The fourth-order valence-corrected chi connectivity index (χ4v) is 2.11. The van der Waals surface area contributed by atoms with Crippen molar-refractivity contribution < 1.29 is 19.5 Å². The Kier molecular flexibility index (Phi) is 4.14. The zero-order valence-corrected chi connectivity index (χ0v) is 10.6. The van der Waals surface area contributed by atoms with Crippen molar-refractivity contribution in [2.75, 3.05) is 6.54 Å². The molecule has 0 heterocycles. The minimum atomic E-state index is -1.24. The Labute approximate surface area is 115 Å². The lowest BCUT2D eigenvalue weighted by atomic mass is 9.78. The van der Waals surface area contributed by atoms with Gasteiger partial charge >= 0.3 is 12.0 Å². The molecule has 20 heavy (non-hydrogen) atoms. The van der Waals surface area contributed by atoms with E-state index >= 15 is 0 Å². The predicted molar refractivity (Wildman–Crippen MR) is 71.2 cm³/mol. The molecule has 2 rings (SSSR count). The van der Waals surface area contributed by atoms with Crippen molar-refractivity contribution in [3.8, 4) is 0 Å². The monoisotopic (exact) mass is 274 g/mol. The largest absolute Gasteiger partial charge is 0.478 e. The van der Waals surface area contributed by atoms with Crippen LogP contribution in [0.5, 0.6) is 0 Å². The number of carbonyl (C=O) groups is 3. The number of aliphatic carboxylic acids is 1. The summed E-state index contributed by atoms with van der Waals surface area (Å²) < 4.78 is 0. The normalized spacial score (nSPS) is 16.1. The van der Waals surface area contributed by atoms with Crippen LogP contribution in [0.3, 0.4) is 0 Å². The Balaban J connectivity index is 1.74. The van der Waals surface area contributed by atoms with Crippen LogP contribution in [0, 0.1) is 0 Å². The van der Waals surface area contributed by atoms with Crippen LogP contribution in [0.15, 0.2) is 36.4 Å². The topological polar surface area (TPSA) is 95.5 Å². The average molecular weight is 274 g/mol. The van der Waals surface area contributed by atoms with E-state index in [1.54, 1.807) is 0 Å². The number of nitrogens with one attached hydrogen (secondary N) is 2. The van der Waals surface area contributed by atoms with Gasteiger partial charge in [-0.1, -0.05) is 24.3 Å². The van der Waals surface area contributed by atoms with E-state index in [1.165, 1.54) is 11.1 Å². The predicted octanol–water partition coefficient (Wildman–Crippen LogP) is 0.793. The quantitative estimate of drug-likeness (QED) is 0.707. The van der Waals surface area contributed by atoms with E-state index in [1.807, 2.05) is 29.6 Å². The number of amides is 3. The first-order valence-electron chi connectivity index (χ1n) is 6.14. The number of hydrogen-bond acceptors (Lipinski definition) is 3. The van der Waals surface area contributed by atoms with E-state index in [2.05, 4.69) is 5.32 Å². The van der Waals surface area contributed by atoms with Gasteiger partial charge in [0.15, 0.2) is 0 Å². The van der Waals surface area contributed by atoms with Crippen molar-refractivity contribution in [2.45, 2.75) is 12.3 Å². The third kappa shape index (κ3) is 3.44. The molecule has 3 N–H and O–H groups in total. The van der Waals surface area contributed by atoms with E-state index in [0.717, 1.165) is 12.5 Å². The van der Waals surface area contributed by atoms with Gasteiger partial charge in [0.25, 0.3) is 5.91 Å². The van der Waals surface area contributed by atoms with Crippen LogP contribution in [-0.4, -0.2) is 29.6 Å². The van der Waals surface area contributed by atoms with Crippen LogP contribution in [0.25, 0.3) is 0 Å². The number of benzene rings is 1. The van der Waals surface area contributed by atoms with Crippen LogP contribution in [-0.2, 0) is 16.0 Å². The molecule has 3 amide bonds. The fraction of sp³-hybridized carbons (Fsp3) is 0.214. The highest BCUT2D eigenvalue weighted by atomic mass is 16.4. The van der Waals surface area contributed by atoms with Crippen molar-refractivity contribution in [1.29, 1.82) is 0 Å². The van der Waals surface area contributed by atoms with Gasteiger partial charge in [0.2, 0.25) is 0 Å². The third-order valence-corrected chi connectivity index (χ3v) is 3.08. The van der Waals surface area contributed by atoms with Crippen molar-refractivity contribution in [1.82, 2.24) is 10.6 Å². The molecule has 1 aromatic rings. The zero-order valence-electron chi connectivity index (χ0n) is 10.6. The maximum atomic E-state index is 11.4. The number of carbonyl (C=O) groups excluding carboxylic acids is 2. The maximum absolute atomic E-state index is 11.4. The maximum Gasteiger partial charge on any atom is 0.328 e. The number of imide groups is 1. The summed E-state index contributed by atoms with van der Waals surface area (Å²) in [6.45, 7) is 0.443. The molecule has 0 saturated carbocycles. The van der Waals surface area contributed by atoms with Crippen molar-refractivity contribution in [3.05, 3.63) is 47.5 Å². The zero-order chi connectivity index (χ0) is 14.5. The molecule has 6 nitrogen and oxygen atoms in total. The van der Waals surface area contributed by atoms with Crippen molar-refractivity contribution >= 4 is 17.9 Å². The average Bonchev–Trinajstić information content (AvgIpc) is 2.37. The molecule has 0 aromatic heterocycles. The summed E-state index contributed by atoms with van der Waals surface area (Å²) in [6, 6.07) is 7.36. The van der Waals surface area contributed by atoms with Gasteiger partial charge in [-0.25, -0.2) is 9.59 Å². The molecule has 0 bridgehead atoms. The third-order valence-electron chi connectivity index (χ3n) is 3.08. The summed E-state index contributed by atoms with van der Waals surface area (Å²) in [7, 11) is 0. The van der Waals surface area contributed by atoms with Crippen LogP contribution < -0.4 is 10.6 Å². The molecule has 1 aromatic carbocycles. The molecule has 1 unspecified atom stereocenters. The van der Waals surface area contributed by atoms with Crippen LogP contribution in [0.4, 0.5) is 4.79 Å². The molecule has 1 aliphatic rings. The number of urea groups is 1. The minimum absolute atomic E-state index is 0.265. The van der Waals surface area contributed by atoms with Gasteiger partial charge in [0, 0.05) is 24.6 Å². The van der Waals surface area contributed by atoms with Crippen LogP contribution in [0.1, 0.15) is 17.0 Å². The first-order chi connectivity index (χ1) is 9.56. The molecule has 0 fully saturated rings. The molecule has 0 saturated heterocycles. The summed E-state index contributed by atoms with van der Waals surface area (Å²) in [5, 5.41) is 13.0. The summed E-state index contributed by atoms with van der Waals surface area (Å²) in [5.74, 6) is -1.74. The summed E-state index contributed by atoms with van der Waals surface area (Å²) in [5.41, 5.74) is 2.49. The molecular weight excluding hydrogens is 260 g/mol. The first-order valence-corrected chi connectivity index (χ1v) is 6.14. The summed E-state index contributed by atoms with van der Waals surface area (Å²) >= 11 is 0. The molecular formula is C14H14N2O4. The molecule has 0 spiro atoms. The molecule has 1 aliphatic carbocycles. The van der Waals surface area contributed by atoms with E-state index in [-0.39, 0.29) is 5.92 Å². The Morgan fingerprint density at radius 1 is 1.25 bits per heavy atom. The van der Waals surface area contributed by atoms with E-state index in [9.17, 15) is 14.4 Å². The lowest BCUT2D eigenvalue weighted by Gasteiger charge is -2.30. The molecule has 1 atom stereocenters. The Morgan fingerprint density at radius 3 is 2.70 bits per heavy atom. The Morgan fingerprint density at radius 2 is 2.00 bits per heavy atom. The van der Waals surface area contributed by atoms with Gasteiger partial charge < -0.3 is 10.4 Å². The van der Waals surface area contributed by atoms with E-state index < -0.39 is 17.9 Å². The highest BCUT2D eigenvalue weighted by Crippen LogP contribution is 2.33. The van der Waals surface area contributed by atoms with Crippen molar-refractivity contribution in [3.63, 3.8) is 0 Å². The summed E-state index contributed by atoms with van der Waals surface area (Å²) in [6.07, 6.45) is 2.37. The number of hydrogen-bond donors (Lipinski definition) is 3. The number of carboxylic acids is 1. The molecule has 6 heteroatoms. The van der Waals surface area contributed by atoms with Gasteiger partial charge in [0.05, 0.1) is 0 Å². The van der Waals surface area contributed by atoms with Gasteiger partial charge in [0.1, 0.15) is 0 Å². The van der Waals surface area contributed by atoms with Gasteiger partial charge in [-0.05, 0) is 17.5 Å². The lowest BCUT2D eigenvalue weighted by molar-refractivity contribution is -0.131. The lowest BCUT2D eigenvalue weighted by Crippen LogP contribution is -2.42. The minimum Gasteiger partial charge on any atom is -0.478 e. The standard InChI is InChI=1S/C14H14N2O4/c17-12(5-6-13(18)19)16-14(20)15-8-10-7-9-3-1-2-4-11(9)10/h1-6,10H,7-8H2,(H,18,19)(H2,15,16,17,20). The highest BCUT2D eigenvalue weighted by molar-refractivity contribution is 6.02. The smallest absolute Gasteiger partial charge is 0.328 e. The second-order valence-electron chi connectivity index (χ2n) is 4.47. The van der Waals surface area contributed by atoms with Crippen LogP contribution >= 0.6 is 0 Å². The summed E-state index contributed by atoms with van der Waals surface area (Å²) in [4.78, 5) is 32.8. The Bertz CT molecular complexity index is 580. The van der Waals surface area contributed by atoms with Crippen molar-refractivity contribution in [2.24, 2.45) is 0 Å². The second-order valence-corrected chi connectivity index (χ2v) is 4.47.